The summed E-state index contributed by atoms with van der Waals surface area (Å²) in [6.07, 6.45) is 0. The molecule has 0 fully saturated rings. The lowest BCUT2D eigenvalue weighted by Crippen LogP contribution is -2.10. The van der Waals surface area contributed by atoms with Crippen molar-refractivity contribution >= 4 is 54.8 Å². The summed E-state index contributed by atoms with van der Waals surface area (Å²) in [6, 6.07) is 7.87. The van der Waals surface area contributed by atoms with Crippen molar-refractivity contribution in [3.05, 3.63) is 66.4 Å². The minimum absolute atomic E-state index is 0.0693. The third-order valence-electron chi connectivity index (χ3n) is 4.08. The van der Waals surface area contributed by atoms with E-state index in [1.54, 1.807) is 13.8 Å². The number of hydrogen-bond acceptors (Lipinski definition) is 7. The number of nitrogens with one attached hydrogen (secondary N) is 1. The van der Waals surface area contributed by atoms with Crippen molar-refractivity contribution in [2.45, 2.75) is 20.5 Å². The Labute approximate surface area is 176 Å². The van der Waals surface area contributed by atoms with E-state index < -0.39 is 5.97 Å². The fourth-order valence-electron chi connectivity index (χ4n) is 2.78. The zero-order valence-electron chi connectivity index (χ0n) is 14.9. The fourth-order valence-corrected chi connectivity index (χ4v) is 5.10. The maximum Gasteiger partial charge on any atom is 0.349 e. The number of carbonyl (C=O) groups excluding carboxylic acids is 1. The van der Waals surface area contributed by atoms with Crippen LogP contribution in [0.1, 0.15) is 26.8 Å². The Balaban J connectivity index is 1.52. The standard InChI is InChI=1S/C19H14BrN3O3S2/c1-9-14-16(24)21-10(2)22-18(14)28-15(9)19(25)26-7-13-8-27-17(23-13)11-4-3-5-12(20)6-11/h3-6,8H,7H2,1-2H3,(H,21,22,24). The molecule has 4 rings (SSSR count). The number of ether oxygens (including phenoxy) is 1. The number of aromatic nitrogens is 3. The molecule has 0 unspecified atom stereocenters. The molecule has 0 atom stereocenters. The van der Waals surface area contributed by atoms with E-state index in [1.807, 2.05) is 29.6 Å². The van der Waals surface area contributed by atoms with Gasteiger partial charge < -0.3 is 9.72 Å². The Morgan fingerprint density at radius 1 is 1.29 bits per heavy atom. The molecule has 0 aliphatic rings. The number of halogens is 1. The number of aromatic amines is 1. The van der Waals surface area contributed by atoms with Gasteiger partial charge in [0.2, 0.25) is 0 Å². The van der Waals surface area contributed by atoms with Crippen LogP contribution < -0.4 is 5.56 Å². The number of hydrogen-bond donors (Lipinski definition) is 1. The summed E-state index contributed by atoms with van der Waals surface area (Å²) >= 11 is 6.12. The zero-order valence-corrected chi connectivity index (χ0v) is 18.1. The number of thiophene rings is 1. The maximum absolute atomic E-state index is 12.5. The topological polar surface area (TPSA) is 84.9 Å². The second-order valence-corrected chi connectivity index (χ2v) is 8.89. The summed E-state index contributed by atoms with van der Waals surface area (Å²) in [5, 5.41) is 3.17. The molecule has 28 heavy (non-hydrogen) atoms. The van der Waals surface area contributed by atoms with Crippen LogP contribution in [0, 0.1) is 13.8 Å². The van der Waals surface area contributed by atoms with E-state index >= 15 is 0 Å². The summed E-state index contributed by atoms with van der Waals surface area (Å²) < 4.78 is 6.41. The largest absolute Gasteiger partial charge is 0.455 e. The molecule has 6 nitrogen and oxygen atoms in total. The number of H-pyrrole nitrogens is 1. The quantitative estimate of drug-likeness (QED) is 0.426. The van der Waals surface area contributed by atoms with E-state index in [2.05, 4.69) is 30.9 Å². The van der Waals surface area contributed by atoms with Crippen LogP contribution >= 0.6 is 38.6 Å². The minimum Gasteiger partial charge on any atom is -0.455 e. The van der Waals surface area contributed by atoms with Gasteiger partial charge in [-0.15, -0.1) is 22.7 Å². The van der Waals surface area contributed by atoms with Gasteiger partial charge in [-0.05, 0) is 31.5 Å². The number of thiazole rings is 1. The van der Waals surface area contributed by atoms with E-state index in [-0.39, 0.29) is 12.2 Å². The van der Waals surface area contributed by atoms with Gasteiger partial charge in [-0.3, -0.25) is 4.79 Å². The number of fused-ring (bicyclic) bond motifs is 1. The number of benzene rings is 1. The predicted molar refractivity (Wildman–Crippen MR) is 114 cm³/mol. The maximum atomic E-state index is 12.5. The molecule has 9 heteroatoms. The third-order valence-corrected chi connectivity index (χ3v) is 6.68. The number of aryl methyl sites for hydroxylation is 2. The van der Waals surface area contributed by atoms with Crippen LogP contribution in [0.3, 0.4) is 0 Å². The summed E-state index contributed by atoms with van der Waals surface area (Å²) in [4.78, 5) is 37.1. The molecule has 0 radical (unpaired) electrons. The molecule has 142 valence electrons. The first-order valence-corrected chi connectivity index (χ1v) is 10.8. The molecule has 4 aromatic rings. The zero-order chi connectivity index (χ0) is 19.8. The Hall–Kier alpha value is -2.36. The molecule has 0 saturated carbocycles. The van der Waals surface area contributed by atoms with Gasteiger partial charge in [-0.2, -0.15) is 0 Å². The third kappa shape index (κ3) is 3.65. The van der Waals surface area contributed by atoms with Gasteiger partial charge in [0.15, 0.2) is 0 Å². The van der Waals surface area contributed by atoms with Crippen molar-refractivity contribution in [1.29, 1.82) is 0 Å². The van der Waals surface area contributed by atoms with Crippen molar-refractivity contribution in [2.75, 3.05) is 0 Å². The first-order valence-electron chi connectivity index (χ1n) is 8.30. The Morgan fingerprint density at radius 3 is 2.89 bits per heavy atom. The smallest absolute Gasteiger partial charge is 0.349 e. The fraction of sp³-hybridized carbons (Fsp3) is 0.158. The number of nitrogens with zero attached hydrogens (tertiary/aromatic N) is 2. The van der Waals surface area contributed by atoms with Crippen LogP contribution in [0.2, 0.25) is 0 Å². The van der Waals surface area contributed by atoms with Crippen LogP contribution in [0.4, 0.5) is 0 Å². The summed E-state index contributed by atoms with van der Waals surface area (Å²) in [6.45, 7) is 3.51. The molecule has 3 aromatic heterocycles. The van der Waals surface area contributed by atoms with Crippen molar-refractivity contribution in [3.8, 4) is 10.6 Å². The lowest BCUT2D eigenvalue weighted by Gasteiger charge is -2.02. The van der Waals surface area contributed by atoms with Crippen molar-refractivity contribution in [2.24, 2.45) is 0 Å². The van der Waals surface area contributed by atoms with Crippen LogP contribution in [0.5, 0.6) is 0 Å². The Bertz CT molecular complexity index is 1260. The molecule has 0 aliphatic carbocycles. The van der Waals surface area contributed by atoms with E-state index in [0.29, 0.717) is 32.2 Å². The lowest BCUT2D eigenvalue weighted by molar-refractivity contribution is 0.0473. The number of esters is 1. The normalized spacial score (nSPS) is 11.1. The van der Waals surface area contributed by atoms with Crippen LogP contribution in [0.25, 0.3) is 20.8 Å². The van der Waals surface area contributed by atoms with Crippen LogP contribution in [0.15, 0.2) is 38.9 Å². The van der Waals surface area contributed by atoms with Crippen molar-refractivity contribution in [1.82, 2.24) is 15.0 Å². The van der Waals surface area contributed by atoms with Gasteiger partial charge in [0.25, 0.3) is 5.56 Å². The van der Waals surface area contributed by atoms with Crippen LogP contribution in [-0.2, 0) is 11.3 Å². The number of rotatable bonds is 4. The first kappa shape index (κ1) is 19.0. The van der Waals surface area contributed by atoms with E-state index in [9.17, 15) is 9.59 Å². The molecule has 1 N–H and O–H groups in total. The van der Waals surface area contributed by atoms with Crippen molar-refractivity contribution < 1.29 is 9.53 Å². The highest BCUT2D eigenvalue weighted by Gasteiger charge is 2.20. The summed E-state index contributed by atoms with van der Waals surface area (Å²) in [7, 11) is 0. The minimum atomic E-state index is -0.477. The molecule has 0 spiro atoms. The van der Waals surface area contributed by atoms with Gasteiger partial charge in [-0.25, -0.2) is 14.8 Å². The highest BCUT2D eigenvalue weighted by Crippen LogP contribution is 2.29. The van der Waals surface area contributed by atoms with Crippen LogP contribution in [-0.4, -0.2) is 20.9 Å². The Morgan fingerprint density at radius 2 is 2.11 bits per heavy atom. The average molecular weight is 476 g/mol. The number of carbonyl (C=O) groups is 1. The molecule has 1 aromatic carbocycles. The predicted octanol–water partition coefficient (Wildman–Crippen LogP) is 4.84. The highest BCUT2D eigenvalue weighted by atomic mass is 79.9. The molecular formula is C19H14BrN3O3S2. The second kappa shape index (κ2) is 7.57. The average Bonchev–Trinajstić information content (AvgIpc) is 3.24. The monoisotopic (exact) mass is 475 g/mol. The summed E-state index contributed by atoms with van der Waals surface area (Å²) in [5.74, 6) is 0.0378. The van der Waals surface area contributed by atoms with Gasteiger partial charge in [0.1, 0.15) is 27.1 Å². The van der Waals surface area contributed by atoms with E-state index in [4.69, 9.17) is 4.74 Å². The van der Waals surface area contributed by atoms with Gasteiger partial charge in [0, 0.05) is 15.4 Å². The highest BCUT2D eigenvalue weighted by molar-refractivity contribution is 9.10. The summed E-state index contributed by atoms with van der Waals surface area (Å²) in [5.41, 5.74) is 2.03. The SMILES string of the molecule is Cc1nc2sc(C(=O)OCc3csc(-c4cccc(Br)c4)n3)c(C)c2c(=O)[nH]1. The second-order valence-electron chi connectivity index (χ2n) is 6.12. The molecule has 0 aliphatic heterocycles. The Kier molecular flexibility index (Phi) is 5.13. The molecule has 0 amide bonds. The first-order chi connectivity index (χ1) is 13.4. The van der Waals surface area contributed by atoms with Crippen molar-refractivity contribution in [3.63, 3.8) is 0 Å². The molecule has 0 saturated heterocycles. The molecule has 3 heterocycles. The van der Waals surface area contributed by atoms with E-state index in [0.717, 1.165) is 15.0 Å². The van der Waals surface area contributed by atoms with Gasteiger partial charge in [-0.1, -0.05) is 28.1 Å². The van der Waals surface area contributed by atoms with Gasteiger partial charge >= 0.3 is 5.97 Å². The molecule has 0 bridgehead atoms. The van der Waals surface area contributed by atoms with Gasteiger partial charge in [0.05, 0.1) is 11.1 Å². The van der Waals surface area contributed by atoms with E-state index in [1.165, 1.54) is 22.7 Å². The molecular weight excluding hydrogens is 462 g/mol. The lowest BCUT2D eigenvalue weighted by atomic mass is 10.2.